The van der Waals surface area contributed by atoms with Crippen LogP contribution in [-0.4, -0.2) is 28.4 Å². The summed E-state index contributed by atoms with van der Waals surface area (Å²) in [6.07, 6.45) is 2.44. The van der Waals surface area contributed by atoms with E-state index >= 15 is 0 Å². The maximum Gasteiger partial charge on any atom is 0.283 e. The van der Waals surface area contributed by atoms with E-state index in [1.165, 1.54) is 30.5 Å². The van der Waals surface area contributed by atoms with Crippen LogP contribution in [0.25, 0.3) is 10.9 Å². The zero-order chi connectivity index (χ0) is 21.6. The predicted molar refractivity (Wildman–Crippen MR) is 111 cm³/mol. The Morgan fingerprint density at radius 3 is 2.53 bits per heavy atom. The molecular formula is C20H14ClFN4O3S. The predicted octanol–water partition coefficient (Wildman–Crippen LogP) is 3.58. The number of hydrogen-bond donors (Lipinski definition) is 1. The molecule has 4 aromatic rings. The Balaban J connectivity index is 1.92. The maximum absolute atomic E-state index is 14.7. The van der Waals surface area contributed by atoms with Crippen LogP contribution in [0.5, 0.6) is 0 Å². The number of fused-ring (bicyclic) bond motifs is 1. The molecule has 0 atom stereocenters. The largest absolute Gasteiger partial charge is 0.396 e. The maximum atomic E-state index is 14.7. The van der Waals surface area contributed by atoms with E-state index in [0.29, 0.717) is 4.09 Å². The van der Waals surface area contributed by atoms with E-state index in [0.717, 1.165) is 17.8 Å². The van der Waals surface area contributed by atoms with Crippen LogP contribution in [0.3, 0.4) is 0 Å². The van der Waals surface area contributed by atoms with Gasteiger partial charge in [-0.15, -0.1) is 0 Å². The summed E-state index contributed by atoms with van der Waals surface area (Å²) in [7, 11) is -4.19. The lowest BCUT2D eigenvalue weighted by molar-refractivity contribution is 0.103. The second kappa shape index (κ2) is 7.19. The smallest absolute Gasteiger partial charge is 0.283 e. The standard InChI is InChI=1S/C20H14ClFN4O3S/c1-11-2-4-12(5-3-11)30(28,29)26-19-14(10-25-26)13(6-7-16(19)22)20(27)18-17(23)15(21)8-9-24-18/h2-10H,23H2,1H3. The molecule has 0 saturated carbocycles. The lowest BCUT2D eigenvalue weighted by atomic mass is 10.0. The highest BCUT2D eigenvalue weighted by Gasteiger charge is 2.26. The van der Waals surface area contributed by atoms with Gasteiger partial charge in [0.15, 0.2) is 0 Å². The summed E-state index contributed by atoms with van der Waals surface area (Å²) in [5.41, 5.74) is 6.22. The minimum atomic E-state index is -4.19. The van der Waals surface area contributed by atoms with Crippen molar-refractivity contribution in [3.63, 3.8) is 0 Å². The molecule has 0 aliphatic rings. The molecule has 0 unspecified atom stereocenters. The van der Waals surface area contributed by atoms with Crippen LogP contribution in [0.15, 0.2) is 59.8 Å². The molecule has 10 heteroatoms. The van der Waals surface area contributed by atoms with E-state index < -0.39 is 21.6 Å². The Kier molecular flexibility index (Phi) is 4.79. The molecule has 152 valence electrons. The van der Waals surface area contributed by atoms with Crippen molar-refractivity contribution < 1.29 is 17.6 Å². The Hall–Kier alpha value is -3.30. The molecule has 2 aromatic carbocycles. The van der Waals surface area contributed by atoms with Gasteiger partial charge in [0.25, 0.3) is 10.0 Å². The first-order valence-electron chi connectivity index (χ1n) is 8.65. The Labute approximate surface area is 176 Å². The Morgan fingerprint density at radius 2 is 1.83 bits per heavy atom. The summed E-state index contributed by atoms with van der Waals surface area (Å²) in [5.74, 6) is -1.48. The van der Waals surface area contributed by atoms with Gasteiger partial charge in [0.1, 0.15) is 17.0 Å². The van der Waals surface area contributed by atoms with Gasteiger partial charge in [-0.1, -0.05) is 29.3 Å². The number of aromatic nitrogens is 3. The number of ketones is 1. The fourth-order valence-corrected chi connectivity index (χ4v) is 4.45. The SMILES string of the molecule is Cc1ccc(S(=O)(=O)n2ncc3c(C(=O)c4nccc(Cl)c4N)ccc(F)c32)cc1. The van der Waals surface area contributed by atoms with Crippen molar-refractivity contribution in [2.24, 2.45) is 0 Å². The van der Waals surface area contributed by atoms with E-state index in [1.807, 2.05) is 6.92 Å². The van der Waals surface area contributed by atoms with Gasteiger partial charge in [0.05, 0.1) is 21.8 Å². The van der Waals surface area contributed by atoms with Crippen LogP contribution >= 0.6 is 11.6 Å². The number of nitrogens with two attached hydrogens (primary N) is 1. The molecule has 0 aliphatic carbocycles. The molecule has 0 bridgehead atoms. The average molecular weight is 445 g/mol. The molecule has 0 aliphatic heterocycles. The zero-order valence-corrected chi connectivity index (χ0v) is 17.1. The van der Waals surface area contributed by atoms with Crippen LogP contribution in [0.2, 0.25) is 5.02 Å². The van der Waals surface area contributed by atoms with Gasteiger partial charge >= 0.3 is 0 Å². The number of anilines is 1. The number of benzene rings is 2. The summed E-state index contributed by atoms with van der Waals surface area (Å²) in [4.78, 5) is 16.9. The van der Waals surface area contributed by atoms with Gasteiger partial charge in [-0.05, 0) is 37.3 Å². The van der Waals surface area contributed by atoms with Crippen molar-refractivity contribution >= 4 is 44.0 Å². The van der Waals surface area contributed by atoms with Crippen molar-refractivity contribution in [2.75, 3.05) is 5.73 Å². The first-order valence-corrected chi connectivity index (χ1v) is 10.5. The molecule has 0 saturated heterocycles. The Morgan fingerprint density at radius 1 is 1.13 bits per heavy atom. The summed E-state index contributed by atoms with van der Waals surface area (Å²) in [6, 6.07) is 9.71. The second-order valence-corrected chi connectivity index (χ2v) is 8.72. The van der Waals surface area contributed by atoms with Gasteiger partial charge in [-0.2, -0.15) is 17.6 Å². The van der Waals surface area contributed by atoms with Crippen molar-refractivity contribution in [3.8, 4) is 0 Å². The lowest BCUT2D eigenvalue weighted by Crippen LogP contribution is -2.15. The fraction of sp³-hybridized carbons (Fsp3) is 0.0500. The van der Waals surface area contributed by atoms with Crippen LogP contribution in [0, 0.1) is 12.7 Å². The van der Waals surface area contributed by atoms with Crippen molar-refractivity contribution in [3.05, 3.63) is 82.5 Å². The molecular weight excluding hydrogens is 431 g/mol. The third kappa shape index (κ3) is 3.12. The lowest BCUT2D eigenvalue weighted by Gasteiger charge is -2.09. The number of rotatable bonds is 4. The van der Waals surface area contributed by atoms with E-state index in [1.54, 1.807) is 12.1 Å². The van der Waals surface area contributed by atoms with Crippen LogP contribution in [-0.2, 0) is 10.0 Å². The number of hydrogen-bond acceptors (Lipinski definition) is 6. The third-order valence-corrected chi connectivity index (χ3v) is 6.52. The van der Waals surface area contributed by atoms with Gasteiger partial charge in [0, 0.05) is 17.1 Å². The van der Waals surface area contributed by atoms with Gasteiger partial charge in [0.2, 0.25) is 5.78 Å². The average Bonchev–Trinajstić information content (AvgIpc) is 3.17. The van der Waals surface area contributed by atoms with Crippen LogP contribution in [0.1, 0.15) is 21.6 Å². The molecule has 2 aromatic heterocycles. The molecule has 0 fully saturated rings. The summed E-state index contributed by atoms with van der Waals surface area (Å²) in [6.45, 7) is 1.81. The highest BCUT2D eigenvalue weighted by atomic mass is 35.5. The van der Waals surface area contributed by atoms with Crippen molar-refractivity contribution in [1.82, 2.24) is 14.2 Å². The fourth-order valence-electron chi connectivity index (χ4n) is 3.02. The van der Waals surface area contributed by atoms with E-state index in [9.17, 15) is 17.6 Å². The van der Waals surface area contributed by atoms with Crippen LogP contribution in [0.4, 0.5) is 10.1 Å². The second-order valence-electron chi connectivity index (χ2n) is 6.55. The summed E-state index contributed by atoms with van der Waals surface area (Å²) < 4.78 is 41.3. The number of carbonyl (C=O) groups is 1. The monoisotopic (exact) mass is 444 g/mol. The summed E-state index contributed by atoms with van der Waals surface area (Å²) >= 11 is 5.96. The molecule has 2 heterocycles. The highest BCUT2D eigenvalue weighted by Crippen LogP contribution is 2.29. The molecule has 0 amide bonds. The normalized spacial score (nSPS) is 11.7. The van der Waals surface area contributed by atoms with Crippen molar-refractivity contribution in [1.29, 1.82) is 0 Å². The molecule has 0 spiro atoms. The topological polar surface area (TPSA) is 108 Å². The highest BCUT2D eigenvalue weighted by molar-refractivity contribution is 7.90. The first-order chi connectivity index (χ1) is 14.2. The zero-order valence-electron chi connectivity index (χ0n) is 15.5. The molecule has 0 radical (unpaired) electrons. The molecule has 7 nitrogen and oxygen atoms in total. The number of pyridine rings is 1. The van der Waals surface area contributed by atoms with Crippen LogP contribution < -0.4 is 5.73 Å². The number of carbonyl (C=O) groups excluding carboxylic acids is 1. The van der Waals surface area contributed by atoms with Crippen molar-refractivity contribution in [2.45, 2.75) is 11.8 Å². The molecule has 30 heavy (non-hydrogen) atoms. The molecule has 4 rings (SSSR count). The quantitative estimate of drug-likeness (QED) is 0.482. The van der Waals surface area contributed by atoms with Gasteiger partial charge in [-0.25, -0.2) is 4.39 Å². The number of nitrogens with zero attached hydrogens (tertiary/aromatic N) is 3. The van der Waals surface area contributed by atoms with Gasteiger partial charge in [-0.3, -0.25) is 9.78 Å². The number of halogens is 2. The number of aryl methyl sites for hydroxylation is 1. The summed E-state index contributed by atoms with van der Waals surface area (Å²) in [5, 5.41) is 4.02. The van der Waals surface area contributed by atoms with Gasteiger partial charge < -0.3 is 5.73 Å². The van der Waals surface area contributed by atoms with E-state index in [4.69, 9.17) is 17.3 Å². The van der Waals surface area contributed by atoms with E-state index in [2.05, 4.69) is 10.1 Å². The van der Waals surface area contributed by atoms with E-state index in [-0.39, 0.29) is 37.8 Å². The minimum Gasteiger partial charge on any atom is -0.396 e. The first kappa shape index (κ1) is 20.0. The molecule has 2 N–H and O–H groups in total. The third-order valence-electron chi connectivity index (χ3n) is 4.59. The Bertz CT molecular complexity index is 1420. The minimum absolute atomic E-state index is 0.00165. The number of nitrogen functional groups attached to an aromatic ring is 1.